The topological polar surface area (TPSA) is 102 Å². The van der Waals surface area contributed by atoms with Crippen LogP contribution in [-0.2, 0) is 24.8 Å². The number of hydrogen-bond donors (Lipinski definition) is 1. The van der Waals surface area contributed by atoms with E-state index in [1.54, 1.807) is 26.0 Å². The smallest absolute Gasteiger partial charge is 0.262 e. The van der Waals surface area contributed by atoms with E-state index in [-0.39, 0.29) is 34.3 Å². The van der Waals surface area contributed by atoms with E-state index in [0.717, 1.165) is 5.56 Å². The fourth-order valence-electron chi connectivity index (χ4n) is 3.65. The summed E-state index contributed by atoms with van der Waals surface area (Å²) in [7, 11) is -6.36. The van der Waals surface area contributed by atoms with E-state index >= 15 is 0 Å². The summed E-state index contributed by atoms with van der Waals surface area (Å²) in [5, 5.41) is 0. The fraction of sp³-hybridized carbons (Fsp3) is 0.400. The number of benzene rings is 2. The maximum Gasteiger partial charge on any atom is 0.262 e. The normalized spacial score (nSPS) is 15.7. The predicted molar refractivity (Wildman–Crippen MR) is 114 cm³/mol. The Morgan fingerprint density at radius 1 is 0.967 bits per heavy atom. The molecule has 0 spiro atoms. The summed E-state index contributed by atoms with van der Waals surface area (Å²) in [4.78, 5) is 0.150. The van der Waals surface area contributed by atoms with Gasteiger partial charge in [-0.25, -0.2) is 16.8 Å². The Labute approximate surface area is 177 Å². The molecule has 0 atom stereocenters. The average molecular weight is 455 g/mol. The molecular weight excluding hydrogens is 428 g/mol. The Hall–Kier alpha value is -2.14. The standard InChI is InChI=1S/C20H26N2O6S2/c1-14-11-15(2)20(16(3)12-14)29(23,24)21-18-13-17(5-6-19(18)27-4)30(25,26)22-7-9-28-10-8-22/h5-6,11-13,21H,7-10H2,1-4H3. The van der Waals surface area contributed by atoms with Crippen LogP contribution < -0.4 is 9.46 Å². The summed E-state index contributed by atoms with van der Waals surface area (Å²) in [5.74, 6) is 0.224. The van der Waals surface area contributed by atoms with Crippen LogP contribution in [0.2, 0.25) is 0 Å². The van der Waals surface area contributed by atoms with Gasteiger partial charge in [-0.15, -0.1) is 0 Å². The molecule has 0 saturated carbocycles. The minimum atomic E-state index is -3.97. The predicted octanol–water partition coefficient (Wildman–Crippen LogP) is 2.44. The minimum Gasteiger partial charge on any atom is -0.495 e. The molecule has 0 aromatic heterocycles. The van der Waals surface area contributed by atoms with E-state index in [0.29, 0.717) is 24.3 Å². The van der Waals surface area contributed by atoms with E-state index in [1.807, 2.05) is 6.92 Å². The van der Waals surface area contributed by atoms with Gasteiger partial charge in [-0.3, -0.25) is 4.72 Å². The van der Waals surface area contributed by atoms with Crippen molar-refractivity contribution in [3.63, 3.8) is 0 Å². The van der Waals surface area contributed by atoms with Gasteiger partial charge >= 0.3 is 0 Å². The van der Waals surface area contributed by atoms with Crippen LogP contribution in [0.5, 0.6) is 5.75 Å². The first-order valence-electron chi connectivity index (χ1n) is 9.43. The monoisotopic (exact) mass is 454 g/mol. The lowest BCUT2D eigenvalue weighted by atomic mass is 10.1. The molecule has 0 unspecified atom stereocenters. The number of anilines is 1. The van der Waals surface area contributed by atoms with Gasteiger partial charge < -0.3 is 9.47 Å². The molecule has 1 fully saturated rings. The van der Waals surface area contributed by atoms with Crippen molar-refractivity contribution >= 4 is 25.7 Å². The first kappa shape index (κ1) is 22.5. The van der Waals surface area contributed by atoms with Gasteiger partial charge in [0.15, 0.2) is 0 Å². The van der Waals surface area contributed by atoms with Crippen molar-refractivity contribution in [1.29, 1.82) is 0 Å². The number of methoxy groups -OCH3 is 1. The molecule has 8 nitrogen and oxygen atoms in total. The fourth-order valence-corrected chi connectivity index (χ4v) is 6.60. The van der Waals surface area contributed by atoms with Crippen LogP contribution in [0.4, 0.5) is 5.69 Å². The first-order chi connectivity index (χ1) is 14.1. The highest BCUT2D eigenvalue weighted by atomic mass is 32.2. The van der Waals surface area contributed by atoms with Crippen molar-refractivity contribution < 1.29 is 26.3 Å². The van der Waals surface area contributed by atoms with E-state index in [1.165, 1.54) is 29.6 Å². The van der Waals surface area contributed by atoms with Gasteiger partial charge in [-0.1, -0.05) is 17.7 Å². The van der Waals surface area contributed by atoms with Crippen LogP contribution in [0.15, 0.2) is 40.1 Å². The molecule has 1 heterocycles. The van der Waals surface area contributed by atoms with E-state index in [4.69, 9.17) is 9.47 Å². The van der Waals surface area contributed by atoms with Crippen molar-refractivity contribution in [2.24, 2.45) is 0 Å². The quantitative estimate of drug-likeness (QED) is 0.719. The molecule has 164 valence electrons. The minimum absolute atomic E-state index is 0.0137. The van der Waals surface area contributed by atoms with Gasteiger partial charge in [-0.2, -0.15) is 4.31 Å². The molecule has 3 rings (SSSR count). The molecule has 30 heavy (non-hydrogen) atoms. The van der Waals surface area contributed by atoms with Gasteiger partial charge in [0.2, 0.25) is 10.0 Å². The zero-order valence-electron chi connectivity index (χ0n) is 17.4. The molecule has 2 aromatic rings. The molecule has 1 N–H and O–H groups in total. The van der Waals surface area contributed by atoms with Crippen LogP contribution >= 0.6 is 0 Å². The second kappa shape index (κ2) is 8.54. The van der Waals surface area contributed by atoms with Crippen molar-refractivity contribution in [3.8, 4) is 5.75 Å². The lowest BCUT2D eigenvalue weighted by Crippen LogP contribution is -2.40. The Kier molecular flexibility index (Phi) is 6.42. The zero-order chi connectivity index (χ0) is 22.1. The average Bonchev–Trinajstić information content (AvgIpc) is 2.67. The highest BCUT2D eigenvalue weighted by Crippen LogP contribution is 2.32. The lowest BCUT2D eigenvalue weighted by Gasteiger charge is -2.26. The molecule has 1 aliphatic rings. The Bertz CT molecular complexity index is 1130. The Balaban J connectivity index is 2.03. The second-order valence-electron chi connectivity index (χ2n) is 7.21. The zero-order valence-corrected chi connectivity index (χ0v) is 19.1. The molecule has 0 bridgehead atoms. The third-order valence-corrected chi connectivity index (χ3v) is 8.46. The number of sulfonamides is 2. The van der Waals surface area contributed by atoms with Crippen LogP contribution in [0.1, 0.15) is 16.7 Å². The lowest BCUT2D eigenvalue weighted by molar-refractivity contribution is 0.0730. The SMILES string of the molecule is COc1ccc(S(=O)(=O)N2CCOCC2)cc1NS(=O)(=O)c1c(C)cc(C)cc1C. The Morgan fingerprint density at radius 2 is 1.57 bits per heavy atom. The molecular formula is C20H26N2O6S2. The highest BCUT2D eigenvalue weighted by molar-refractivity contribution is 7.92. The summed E-state index contributed by atoms with van der Waals surface area (Å²) < 4.78 is 66.5. The summed E-state index contributed by atoms with van der Waals surface area (Å²) in [6.45, 7) is 6.49. The maximum absolute atomic E-state index is 13.1. The summed E-state index contributed by atoms with van der Waals surface area (Å²) in [6, 6.07) is 7.72. The Morgan fingerprint density at radius 3 is 2.13 bits per heavy atom. The number of morpholine rings is 1. The maximum atomic E-state index is 13.1. The first-order valence-corrected chi connectivity index (χ1v) is 12.3. The third-order valence-electron chi connectivity index (χ3n) is 4.90. The molecule has 1 saturated heterocycles. The van der Waals surface area contributed by atoms with Crippen LogP contribution in [-0.4, -0.2) is 54.6 Å². The molecule has 2 aromatic carbocycles. The van der Waals surface area contributed by atoms with Gasteiger partial charge in [0.25, 0.3) is 10.0 Å². The molecule has 1 aliphatic heterocycles. The molecule has 0 aliphatic carbocycles. The van der Waals surface area contributed by atoms with Crippen LogP contribution in [0, 0.1) is 20.8 Å². The van der Waals surface area contributed by atoms with Crippen molar-refractivity contribution in [3.05, 3.63) is 47.0 Å². The van der Waals surface area contributed by atoms with E-state index in [2.05, 4.69) is 4.72 Å². The van der Waals surface area contributed by atoms with Gasteiger partial charge in [0.05, 0.1) is 35.8 Å². The van der Waals surface area contributed by atoms with Crippen LogP contribution in [0.3, 0.4) is 0 Å². The van der Waals surface area contributed by atoms with Gasteiger partial charge in [0, 0.05) is 13.1 Å². The highest BCUT2D eigenvalue weighted by Gasteiger charge is 2.28. The summed E-state index contributed by atoms with van der Waals surface area (Å²) in [6.07, 6.45) is 0. The largest absolute Gasteiger partial charge is 0.495 e. The number of nitrogens with one attached hydrogen (secondary N) is 1. The number of nitrogens with zero attached hydrogens (tertiary/aromatic N) is 1. The van der Waals surface area contributed by atoms with Gasteiger partial charge in [0.1, 0.15) is 5.75 Å². The van der Waals surface area contributed by atoms with Crippen molar-refractivity contribution in [1.82, 2.24) is 4.31 Å². The number of rotatable bonds is 6. The third kappa shape index (κ3) is 4.46. The van der Waals surface area contributed by atoms with Crippen molar-refractivity contribution in [2.45, 2.75) is 30.6 Å². The second-order valence-corrected chi connectivity index (χ2v) is 10.8. The molecule has 0 amide bonds. The van der Waals surface area contributed by atoms with Crippen LogP contribution in [0.25, 0.3) is 0 Å². The number of ether oxygens (including phenoxy) is 2. The summed E-state index contributed by atoms with van der Waals surface area (Å²) in [5.41, 5.74) is 2.23. The van der Waals surface area contributed by atoms with Gasteiger partial charge in [-0.05, 0) is 50.1 Å². The summed E-state index contributed by atoms with van der Waals surface area (Å²) >= 11 is 0. The van der Waals surface area contributed by atoms with E-state index < -0.39 is 20.0 Å². The van der Waals surface area contributed by atoms with E-state index in [9.17, 15) is 16.8 Å². The van der Waals surface area contributed by atoms with Crippen molar-refractivity contribution in [2.75, 3.05) is 38.1 Å². The number of aryl methyl sites for hydroxylation is 3. The molecule has 0 radical (unpaired) electrons. The molecule has 10 heteroatoms. The number of hydrogen-bond acceptors (Lipinski definition) is 6.